The van der Waals surface area contributed by atoms with E-state index < -0.39 is 0 Å². The fraction of sp³-hybridized carbons (Fsp3) is 0.188. The second-order valence-electron chi connectivity index (χ2n) is 4.89. The van der Waals surface area contributed by atoms with Crippen molar-refractivity contribution in [2.24, 2.45) is 0 Å². The Morgan fingerprint density at radius 1 is 1.10 bits per heavy atom. The average molecular weight is 333 g/mol. The van der Waals surface area contributed by atoms with Gasteiger partial charge >= 0.3 is 0 Å². The number of halogens is 1. The van der Waals surface area contributed by atoms with Crippen molar-refractivity contribution < 1.29 is 4.79 Å². The minimum Gasteiger partial charge on any atom is -0.398 e. The van der Waals surface area contributed by atoms with E-state index in [0.717, 1.165) is 26.9 Å². The predicted octanol–water partition coefficient (Wildman–Crippen LogP) is 4.21. The quantitative estimate of drug-likeness (QED) is 0.809. The lowest BCUT2D eigenvalue weighted by Crippen LogP contribution is -2.15. The molecule has 0 aliphatic heterocycles. The number of hydrogen-bond acceptors (Lipinski definition) is 2. The van der Waals surface area contributed by atoms with Gasteiger partial charge in [-0.2, -0.15) is 0 Å². The molecule has 0 spiro atoms. The highest BCUT2D eigenvalue weighted by Gasteiger charge is 2.13. The molecule has 0 heterocycles. The number of carbonyl (C=O) groups excluding carboxylic acids is 1. The van der Waals surface area contributed by atoms with Crippen molar-refractivity contribution >= 4 is 33.2 Å². The third-order valence-electron chi connectivity index (χ3n) is 3.40. The number of hydrogen-bond donors (Lipinski definition) is 2. The highest BCUT2D eigenvalue weighted by molar-refractivity contribution is 9.10. The van der Waals surface area contributed by atoms with Gasteiger partial charge in [-0.1, -0.05) is 28.1 Å². The van der Waals surface area contributed by atoms with Crippen LogP contribution in [0.4, 0.5) is 11.4 Å². The van der Waals surface area contributed by atoms with Gasteiger partial charge in [0.05, 0.1) is 0 Å². The summed E-state index contributed by atoms with van der Waals surface area (Å²) < 4.78 is 0.884. The summed E-state index contributed by atoms with van der Waals surface area (Å²) in [6.07, 6.45) is 0. The van der Waals surface area contributed by atoms with E-state index in [4.69, 9.17) is 5.73 Å². The summed E-state index contributed by atoms with van der Waals surface area (Å²) in [6.45, 7) is 5.78. The molecule has 0 aromatic heterocycles. The summed E-state index contributed by atoms with van der Waals surface area (Å²) in [5.74, 6) is -0.124. The molecule has 0 aliphatic rings. The lowest BCUT2D eigenvalue weighted by Gasteiger charge is -2.14. The van der Waals surface area contributed by atoms with Crippen LogP contribution in [-0.4, -0.2) is 5.91 Å². The van der Waals surface area contributed by atoms with E-state index in [1.54, 1.807) is 0 Å². The SMILES string of the molecule is Cc1ccc(Br)cc1C(=O)Nc1c(C)ccc(N)c1C. The van der Waals surface area contributed by atoms with Crippen LogP contribution in [0.5, 0.6) is 0 Å². The Labute approximate surface area is 127 Å². The van der Waals surface area contributed by atoms with Crippen LogP contribution in [0.3, 0.4) is 0 Å². The third kappa shape index (κ3) is 2.85. The molecular weight excluding hydrogens is 316 g/mol. The van der Waals surface area contributed by atoms with Crippen LogP contribution in [0.15, 0.2) is 34.8 Å². The van der Waals surface area contributed by atoms with Gasteiger partial charge in [0.25, 0.3) is 5.91 Å². The molecule has 0 atom stereocenters. The van der Waals surface area contributed by atoms with Crippen molar-refractivity contribution in [3.8, 4) is 0 Å². The van der Waals surface area contributed by atoms with E-state index in [1.165, 1.54) is 0 Å². The van der Waals surface area contributed by atoms with Gasteiger partial charge in [0, 0.05) is 21.4 Å². The monoisotopic (exact) mass is 332 g/mol. The second-order valence-corrected chi connectivity index (χ2v) is 5.80. The van der Waals surface area contributed by atoms with Gasteiger partial charge in [-0.05, 0) is 55.7 Å². The molecule has 0 saturated heterocycles. The molecule has 2 aromatic rings. The smallest absolute Gasteiger partial charge is 0.255 e. The fourth-order valence-corrected chi connectivity index (χ4v) is 2.44. The molecule has 0 fully saturated rings. The minimum absolute atomic E-state index is 0.124. The van der Waals surface area contributed by atoms with Crippen LogP contribution in [-0.2, 0) is 0 Å². The molecule has 0 radical (unpaired) electrons. The Balaban J connectivity index is 2.38. The third-order valence-corrected chi connectivity index (χ3v) is 3.89. The van der Waals surface area contributed by atoms with Crippen molar-refractivity contribution in [3.05, 3.63) is 57.1 Å². The van der Waals surface area contributed by atoms with Crippen molar-refractivity contribution in [1.82, 2.24) is 0 Å². The van der Waals surface area contributed by atoms with Crippen molar-refractivity contribution in [3.63, 3.8) is 0 Å². The van der Waals surface area contributed by atoms with E-state index in [1.807, 2.05) is 51.1 Å². The topological polar surface area (TPSA) is 55.1 Å². The van der Waals surface area contributed by atoms with E-state index in [2.05, 4.69) is 21.2 Å². The van der Waals surface area contributed by atoms with Crippen LogP contribution in [0.1, 0.15) is 27.0 Å². The van der Waals surface area contributed by atoms with E-state index >= 15 is 0 Å². The maximum Gasteiger partial charge on any atom is 0.255 e. The molecule has 104 valence electrons. The minimum atomic E-state index is -0.124. The molecule has 0 bridgehead atoms. The fourth-order valence-electron chi connectivity index (χ4n) is 2.08. The molecule has 4 heteroatoms. The number of anilines is 2. The number of nitrogens with one attached hydrogen (secondary N) is 1. The van der Waals surface area contributed by atoms with Crippen molar-refractivity contribution in [2.45, 2.75) is 20.8 Å². The molecule has 0 unspecified atom stereocenters. The normalized spacial score (nSPS) is 10.4. The van der Waals surface area contributed by atoms with Gasteiger partial charge in [-0.3, -0.25) is 4.79 Å². The first-order valence-electron chi connectivity index (χ1n) is 6.33. The molecule has 2 rings (SSSR count). The maximum absolute atomic E-state index is 12.4. The van der Waals surface area contributed by atoms with Crippen LogP contribution in [0.2, 0.25) is 0 Å². The first kappa shape index (κ1) is 14.6. The van der Waals surface area contributed by atoms with Crippen LogP contribution >= 0.6 is 15.9 Å². The number of aryl methyl sites for hydroxylation is 2. The molecule has 3 nitrogen and oxygen atoms in total. The van der Waals surface area contributed by atoms with Gasteiger partial charge in [0.1, 0.15) is 0 Å². The van der Waals surface area contributed by atoms with Gasteiger partial charge in [-0.25, -0.2) is 0 Å². The number of rotatable bonds is 2. The van der Waals surface area contributed by atoms with Gasteiger partial charge in [0.15, 0.2) is 0 Å². The lowest BCUT2D eigenvalue weighted by atomic mass is 10.1. The van der Waals surface area contributed by atoms with Gasteiger partial charge in [0.2, 0.25) is 0 Å². The molecular formula is C16H17BrN2O. The number of nitrogens with two attached hydrogens (primary N) is 1. The Morgan fingerprint density at radius 3 is 2.45 bits per heavy atom. The lowest BCUT2D eigenvalue weighted by molar-refractivity contribution is 0.102. The maximum atomic E-state index is 12.4. The zero-order chi connectivity index (χ0) is 14.9. The Kier molecular flexibility index (Phi) is 4.14. The van der Waals surface area contributed by atoms with E-state index in [-0.39, 0.29) is 5.91 Å². The zero-order valence-corrected chi connectivity index (χ0v) is 13.3. The van der Waals surface area contributed by atoms with Crippen LogP contribution < -0.4 is 11.1 Å². The summed E-state index contributed by atoms with van der Waals surface area (Å²) in [5, 5.41) is 2.96. The van der Waals surface area contributed by atoms with E-state index in [0.29, 0.717) is 11.3 Å². The number of amides is 1. The average Bonchev–Trinajstić information content (AvgIpc) is 2.41. The summed E-state index contributed by atoms with van der Waals surface area (Å²) in [7, 11) is 0. The van der Waals surface area contributed by atoms with Crippen molar-refractivity contribution in [1.29, 1.82) is 0 Å². The second kappa shape index (κ2) is 5.67. The Hall–Kier alpha value is -1.81. The molecule has 1 amide bonds. The Bertz CT molecular complexity index is 680. The number of carbonyl (C=O) groups is 1. The van der Waals surface area contributed by atoms with Crippen LogP contribution in [0, 0.1) is 20.8 Å². The van der Waals surface area contributed by atoms with E-state index in [9.17, 15) is 4.79 Å². The van der Waals surface area contributed by atoms with Gasteiger partial charge in [-0.15, -0.1) is 0 Å². The number of nitrogen functional groups attached to an aromatic ring is 1. The molecule has 0 aliphatic carbocycles. The highest BCUT2D eigenvalue weighted by atomic mass is 79.9. The number of benzene rings is 2. The first-order chi connectivity index (χ1) is 9.40. The summed E-state index contributed by atoms with van der Waals surface area (Å²) in [6, 6.07) is 9.42. The van der Waals surface area contributed by atoms with Crippen LogP contribution in [0.25, 0.3) is 0 Å². The largest absolute Gasteiger partial charge is 0.398 e. The molecule has 20 heavy (non-hydrogen) atoms. The summed E-state index contributed by atoms with van der Waals surface area (Å²) in [4.78, 5) is 12.4. The van der Waals surface area contributed by atoms with Gasteiger partial charge < -0.3 is 11.1 Å². The summed E-state index contributed by atoms with van der Waals surface area (Å²) >= 11 is 3.39. The standard InChI is InChI=1S/C16H17BrN2O/c1-9-4-6-12(17)8-13(9)16(20)19-15-10(2)5-7-14(18)11(15)3/h4-8H,18H2,1-3H3,(H,19,20). The molecule has 0 saturated carbocycles. The molecule has 2 aromatic carbocycles. The predicted molar refractivity (Wildman–Crippen MR) is 87.2 cm³/mol. The zero-order valence-electron chi connectivity index (χ0n) is 11.8. The molecule has 3 N–H and O–H groups in total. The van der Waals surface area contributed by atoms with Crippen molar-refractivity contribution in [2.75, 3.05) is 11.1 Å². The Morgan fingerprint density at radius 2 is 1.75 bits per heavy atom. The first-order valence-corrected chi connectivity index (χ1v) is 7.12. The summed E-state index contributed by atoms with van der Waals surface area (Å²) in [5.41, 5.74) is 10.8. The highest BCUT2D eigenvalue weighted by Crippen LogP contribution is 2.26.